The summed E-state index contributed by atoms with van der Waals surface area (Å²) >= 11 is 0. The zero-order valence-electron chi connectivity index (χ0n) is 10.7. The first-order valence-corrected chi connectivity index (χ1v) is 9.92. The molecule has 0 saturated carbocycles. The summed E-state index contributed by atoms with van der Waals surface area (Å²) in [6.45, 7) is 9.75. The van der Waals surface area contributed by atoms with Crippen molar-refractivity contribution in [2.24, 2.45) is 0 Å². The summed E-state index contributed by atoms with van der Waals surface area (Å²) in [6.07, 6.45) is 6.92. The molecule has 2 N–H and O–H groups in total. The average Bonchev–Trinajstić information content (AvgIpc) is 2.26. The van der Waals surface area contributed by atoms with Crippen LogP contribution in [0.15, 0.2) is 0 Å². The fourth-order valence-electron chi connectivity index (χ4n) is 2.36. The average molecular weight is 228 g/mol. The van der Waals surface area contributed by atoms with Crippen LogP contribution in [0.25, 0.3) is 0 Å². The molecule has 1 aliphatic heterocycles. The van der Waals surface area contributed by atoms with Gasteiger partial charge in [-0.25, -0.2) is 0 Å². The molecule has 0 atom stereocenters. The maximum Gasteiger partial charge on any atom is 0.0845 e. The summed E-state index contributed by atoms with van der Waals surface area (Å²) in [7, 11) is -1.07. The van der Waals surface area contributed by atoms with Gasteiger partial charge in [-0.2, -0.15) is 0 Å². The topological polar surface area (TPSA) is 24.1 Å². The predicted molar refractivity (Wildman–Crippen MR) is 70.8 cm³/mol. The Kier molecular flexibility index (Phi) is 5.86. The molecule has 0 radical (unpaired) electrons. The second-order valence-corrected chi connectivity index (χ2v) is 10.5. The molecule has 1 fully saturated rings. The minimum absolute atomic E-state index is 0.660. The highest BCUT2D eigenvalue weighted by Crippen LogP contribution is 2.18. The minimum atomic E-state index is -1.07. The van der Waals surface area contributed by atoms with Gasteiger partial charge >= 0.3 is 0 Å². The molecule has 0 aliphatic carbocycles. The van der Waals surface area contributed by atoms with Gasteiger partial charge in [0, 0.05) is 5.79 Å². The molecule has 90 valence electrons. The van der Waals surface area contributed by atoms with Crippen molar-refractivity contribution in [2.45, 2.75) is 64.0 Å². The molecular weight excluding hydrogens is 200 g/mol. The van der Waals surface area contributed by atoms with E-state index in [1.165, 1.54) is 51.2 Å². The molecule has 0 aromatic heterocycles. The highest BCUT2D eigenvalue weighted by Gasteiger charge is 2.31. The molecule has 1 saturated heterocycles. The van der Waals surface area contributed by atoms with E-state index in [-0.39, 0.29) is 0 Å². The molecule has 0 unspecified atom stereocenters. The third-order valence-electron chi connectivity index (χ3n) is 3.51. The highest BCUT2D eigenvalue weighted by atomic mass is 28.3. The fourth-order valence-corrected chi connectivity index (χ4v) is 5.20. The van der Waals surface area contributed by atoms with Crippen molar-refractivity contribution in [1.29, 1.82) is 0 Å². The Bertz CT molecular complexity index is 165. The van der Waals surface area contributed by atoms with E-state index in [0.717, 1.165) is 0 Å². The van der Waals surface area contributed by atoms with Crippen LogP contribution in [0.2, 0.25) is 19.1 Å². The Morgan fingerprint density at radius 1 is 1.07 bits per heavy atom. The monoisotopic (exact) mass is 228 g/mol. The van der Waals surface area contributed by atoms with Crippen LogP contribution in [0.1, 0.15) is 39.0 Å². The van der Waals surface area contributed by atoms with Crippen molar-refractivity contribution < 1.29 is 0 Å². The third kappa shape index (κ3) is 4.66. The second kappa shape index (κ2) is 6.66. The van der Waals surface area contributed by atoms with E-state index in [1.54, 1.807) is 0 Å². The maximum atomic E-state index is 3.65. The zero-order valence-corrected chi connectivity index (χ0v) is 11.7. The van der Waals surface area contributed by atoms with Crippen molar-refractivity contribution in [3.8, 4) is 0 Å². The zero-order chi connectivity index (χ0) is 11.1. The molecular formula is C12H28N2Si. The Morgan fingerprint density at radius 3 is 2.33 bits per heavy atom. The largest absolute Gasteiger partial charge is 0.305 e. The molecule has 3 heteroatoms. The van der Waals surface area contributed by atoms with Crippen LogP contribution < -0.4 is 10.6 Å². The van der Waals surface area contributed by atoms with E-state index in [9.17, 15) is 0 Å². The number of unbranched alkanes of at least 4 members (excludes halogenated alkanes) is 3. The van der Waals surface area contributed by atoms with Crippen LogP contribution in [0, 0.1) is 0 Å². The summed E-state index contributed by atoms with van der Waals surface area (Å²) < 4.78 is 0. The minimum Gasteiger partial charge on any atom is -0.305 e. The number of hydrogen-bond donors (Lipinski definition) is 2. The van der Waals surface area contributed by atoms with Crippen molar-refractivity contribution in [3.63, 3.8) is 0 Å². The normalized spacial score (nSPS) is 19.4. The third-order valence-corrected chi connectivity index (χ3v) is 7.12. The summed E-state index contributed by atoms with van der Waals surface area (Å²) in [6, 6.07) is 1.47. The lowest BCUT2D eigenvalue weighted by molar-refractivity contribution is 0.442. The Hall–Kier alpha value is 0.137. The van der Waals surface area contributed by atoms with Crippen molar-refractivity contribution >= 4 is 8.07 Å². The van der Waals surface area contributed by atoms with Crippen LogP contribution in [0.5, 0.6) is 0 Å². The molecule has 1 aliphatic rings. The summed E-state index contributed by atoms with van der Waals surface area (Å²) in [4.78, 5) is 0. The fraction of sp³-hybridized carbons (Fsp3) is 1.00. The van der Waals surface area contributed by atoms with E-state index in [2.05, 4.69) is 30.7 Å². The van der Waals surface area contributed by atoms with E-state index in [4.69, 9.17) is 0 Å². The predicted octanol–water partition coefficient (Wildman–Crippen LogP) is 2.72. The Morgan fingerprint density at radius 2 is 1.73 bits per heavy atom. The number of hydrogen-bond acceptors (Lipinski definition) is 2. The molecule has 0 aromatic carbocycles. The first-order valence-electron chi connectivity index (χ1n) is 6.63. The lowest BCUT2D eigenvalue weighted by Gasteiger charge is -2.37. The van der Waals surface area contributed by atoms with Crippen LogP contribution in [-0.2, 0) is 0 Å². The van der Waals surface area contributed by atoms with E-state index < -0.39 is 8.07 Å². The summed E-state index contributed by atoms with van der Waals surface area (Å²) in [5, 5.41) is 7.30. The summed E-state index contributed by atoms with van der Waals surface area (Å²) in [5.74, 6) is 0.660. The molecule has 0 aromatic rings. The van der Waals surface area contributed by atoms with Crippen LogP contribution in [0.4, 0.5) is 0 Å². The van der Waals surface area contributed by atoms with E-state index in [0.29, 0.717) is 5.79 Å². The molecule has 0 amide bonds. The molecule has 0 bridgehead atoms. The van der Waals surface area contributed by atoms with Crippen LogP contribution in [-0.4, -0.2) is 27.0 Å². The highest BCUT2D eigenvalue weighted by molar-refractivity contribution is 6.78. The van der Waals surface area contributed by atoms with Gasteiger partial charge in [-0.05, 0) is 19.5 Å². The number of nitrogens with one attached hydrogen (secondary N) is 2. The molecule has 1 heterocycles. The van der Waals surface area contributed by atoms with Gasteiger partial charge in [0.15, 0.2) is 0 Å². The molecule has 1 rings (SSSR count). The second-order valence-electron chi connectivity index (χ2n) is 5.49. The Labute approximate surface area is 96.2 Å². The molecule has 2 nitrogen and oxygen atoms in total. The van der Waals surface area contributed by atoms with E-state index >= 15 is 0 Å². The quantitative estimate of drug-likeness (QED) is 0.539. The smallest absolute Gasteiger partial charge is 0.0845 e. The van der Waals surface area contributed by atoms with Crippen LogP contribution in [0.3, 0.4) is 0 Å². The lowest BCUT2D eigenvalue weighted by atomic mass is 10.2. The van der Waals surface area contributed by atoms with Gasteiger partial charge in [-0.3, -0.25) is 0 Å². The van der Waals surface area contributed by atoms with Crippen molar-refractivity contribution in [1.82, 2.24) is 10.6 Å². The van der Waals surface area contributed by atoms with Gasteiger partial charge in [-0.15, -0.1) is 0 Å². The van der Waals surface area contributed by atoms with Gasteiger partial charge < -0.3 is 10.6 Å². The first-order chi connectivity index (χ1) is 7.17. The van der Waals surface area contributed by atoms with Crippen LogP contribution >= 0.6 is 0 Å². The Balaban J connectivity index is 2.23. The lowest BCUT2D eigenvalue weighted by Crippen LogP contribution is -2.62. The van der Waals surface area contributed by atoms with E-state index in [1.807, 2.05) is 0 Å². The first kappa shape index (κ1) is 13.2. The van der Waals surface area contributed by atoms with Crippen molar-refractivity contribution in [2.75, 3.05) is 13.1 Å². The van der Waals surface area contributed by atoms with Gasteiger partial charge in [0.2, 0.25) is 0 Å². The number of rotatable bonds is 6. The van der Waals surface area contributed by atoms with Gasteiger partial charge in [0.25, 0.3) is 0 Å². The van der Waals surface area contributed by atoms with Gasteiger partial charge in [-0.1, -0.05) is 51.7 Å². The van der Waals surface area contributed by atoms with Gasteiger partial charge in [0.05, 0.1) is 8.07 Å². The summed E-state index contributed by atoms with van der Waals surface area (Å²) in [5.41, 5.74) is 0. The standard InChI is InChI=1S/C12H28N2Si/c1-4-5-6-7-11-15(2,3)12-13-9-8-10-14-12/h12-14H,4-11H2,1-3H3. The van der Waals surface area contributed by atoms with Crippen molar-refractivity contribution in [3.05, 3.63) is 0 Å². The van der Waals surface area contributed by atoms with Gasteiger partial charge in [0.1, 0.15) is 0 Å². The maximum absolute atomic E-state index is 3.65. The molecule has 0 spiro atoms. The molecule has 15 heavy (non-hydrogen) atoms. The SMILES string of the molecule is CCCCCC[Si](C)(C)C1NCCCN1.